The molecule has 0 spiro atoms. The molecule has 20 heavy (non-hydrogen) atoms. The Balaban J connectivity index is 1.95. The van der Waals surface area contributed by atoms with Crippen LogP contribution in [-0.4, -0.2) is 43.0 Å². The average Bonchev–Trinajstić information content (AvgIpc) is 2.96. The van der Waals surface area contributed by atoms with Crippen molar-refractivity contribution in [2.75, 3.05) is 7.11 Å². The molecular formula is C11H8N6O2S. The first-order valence-corrected chi connectivity index (χ1v) is 6.32. The Kier molecular flexibility index (Phi) is 3.25. The highest BCUT2D eigenvalue weighted by molar-refractivity contribution is 7.99. The maximum Gasteiger partial charge on any atom is 0.358 e. The van der Waals surface area contributed by atoms with Crippen LogP contribution >= 0.6 is 11.8 Å². The van der Waals surface area contributed by atoms with E-state index in [4.69, 9.17) is 0 Å². The summed E-state index contributed by atoms with van der Waals surface area (Å²) in [5.74, 6) is -0.533. The first-order valence-electron chi connectivity index (χ1n) is 5.50. The number of aromatic amines is 1. The van der Waals surface area contributed by atoms with E-state index in [9.17, 15) is 4.79 Å². The van der Waals surface area contributed by atoms with E-state index in [2.05, 4.69) is 34.6 Å². The van der Waals surface area contributed by atoms with Crippen molar-refractivity contribution in [3.8, 4) is 0 Å². The van der Waals surface area contributed by atoms with Gasteiger partial charge < -0.3 is 9.72 Å². The standard InChI is InChI=1S/C11H8N6O2S/c1-19-11(18)6-2-12-3-7(17-6)20-10-8-9(14-4-13-8)15-5-16-10/h2-5H,1H3,(H,13,14,15,16). The summed E-state index contributed by atoms with van der Waals surface area (Å²) >= 11 is 1.26. The molecule has 0 amide bonds. The summed E-state index contributed by atoms with van der Waals surface area (Å²) in [7, 11) is 1.29. The van der Waals surface area contributed by atoms with Crippen molar-refractivity contribution in [2.24, 2.45) is 0 Å². The lowest BCUT2D eigenvalue weighted by atomic mass is 10.5. The smallest absolute Gasteiger partial charge is 0.358 e. The molecule has 0 aromatic carbocycles. The van der Waals surface area contributed by atoms with E-state index >= 15 is 0 Å². The zero-order valence-electron chi connectivity index (χ0n) is 10.3. The van der Waals surface area contributed by atoms with Gasteiger partial charge in [-0.2, -0.15) is 0 Å². The molecule has 8 nitrogen and oxygen atoms in total. The Bertz CT molecular complexity index is 774. The van der Waals surface area contributed by atoms with E-state index in [1.54, 1.807) is 12.5 Å². The minimum absolute atomic E-state index is 0.146. The number of H-pyrrole nitrogens is 1. The number of hydrogen-bond acceptors (Lipinski definition) is 8. The zero-order chi connectivity index (χ0) is 13.9. The number of hydrogen-bond donors (Lipinski definition) is 1. The number of imidazole rings is 1. The van der Waals surface area contributed by atoms with Crippen LogP contribution in [0.15, 0.2) is 35.1 Å². The van der Waals surface area contributed by atoms with E-state index in [1.165, 1.54) is 31.4 Å². The fraction of sp³-hybridized carbons (Fsp3) is 0.0909. The molecule has 3 rings (SSSR count). The van der Waals surface area contributed by atoms with Crippen molar-refractivity contribution in [3.05, 3.63) is 30.7 Å². The number of nitrogens with one attached hydrogen (secondary N) is 1. The summed E-state index contributed by atoms with van der Waals surface area (Å²) in [4.78, 5) is 34.7. The summed E-state index contributed by atoms with van der Waals surface area (Å²) in [6.45, 7) is 0. The molecule has 0 saturated heterocycles. The van der Waals surface area contributed by atoms with Gasteiger partial charge in [-0.1, -0.05) is 0 Å². The predicted molar refractivity (Wildman–Crippen MR) is 69.2 cm³/mol. The lowest BCUT2D eigenvalue weighted by Gasteiger charge is -2.02. The second-order valence-corrected chi connectivity index (χ2v) is 4.63. The number of esters is 1. The van der Waals surface area contributed by atoms with E-state index < -0.39 is 5.97 Å². The van der Waals surface area contributed by atoms with Crippen LogP contribution in [0.1, 0.15) is 10.5 Å². The van der Waals surface area contributed by atoms with Crippen LogP contribution < -0.4 is 0 Å². The number of nitrogens with zero attached hydrogens (tertiary/aromatic N) is 5. The largest absolute Gasteiger partial charge is 0.464 e. The first-order chi connectivity index (χ1) is 9.78. The van der Waals surface area contributed by atoms with Crippen LogP contribution in [0.4, 0.5) is 0 Å². The van der Waals surface area contributed by atoms with Crippen molar-refractivity contribution in [1.82, 2.24) is 29.9 Å². The van der Waals surface area contributed by atoms with Crippen molar-refractivity contribution >= 4 is 28.9 Å². The van der Waals surface area contributed by atoms with Crippen molar-refractivity contribution in [2.45, 2.75) is 10.1 Å². The van der Waals surface area contributed by atoms with Crippen LogP contribution in [0.3, 0.4) is 0 Å². The summed E-state index contributed by atoms with van der Waals surface area (Å²) in [5, 5.41) is 1.19. The van der Waals surface area contributed by atoms with Gasteiger partial charge in [-0.25, -0.2) is 24.7 Å². The van der Waals surface area contributed by atoms with Gasteiger partial charge >= 0.3 is 5.97 Å². The Morgan fingerprint density at radius 2 is 2.20 bits per heavy atom. The minimum atomic E-state index is -0.533. The van der Waals surface area contributed by atoms with Crippen LogP contribution in [0.5, 0.6) is 0 Å². The molecular weight excluding hydrogens is 280 g/mol. The third kappa shape index (κ3) is 2.30. The molecule has 1 N–H and O–H groups in total. The normalized spacial score (nSPS) is 10.7. The number of carbonyl (C=O) groups is 1. The molecule has 0 aliphatic rings. The van der Waals surface area contributed by atoms with E-state index in [-0.39, 0.29) is 5.69 Å². The van der Waals surface area contributed by atoms with Crippen LogP contribution in [0, 0.1) is 0 Å². The lowest BCUT2D eigenvalue weighted by molar-refractivity contribution is 0.0592. The molecule has 0 fully saturated rings. The highest BCUT2D eigenvalue weighted by atomic mass is 32.2. The molecule has 3 aromatic heterocycles. The quantitative estimate of drug-likeness (QED) is 0.563. The third-order valence-electron chi connectivity index (χ3n) is 2.40. The molecule has 0 atom stereocenters. The van der Waals surface area contributed by atoms with Crippen LogP contribution in [0.25, 0.3) is 11.2 Å². The molecule has 0 unspecified atom stereocenters. The number of aromatic nitrogens is 6. The molecule has 3 heterocycles. The van der Waals surface area contributed by atoms with Gasteiger partial charge in [-0.15, -0.1) is 0 Å². The Morgan fingerprint density at radius 3 is 3.05 bits per heavy atom. The van der Waals surface area contributed by atoms with Gasteiger partial charge in [0.05, 0.1) is 25.8 Å². The topological polar surface area (TPSA) is 107 Å². The summed E-state index contributed by atoms with van der Waals surface area (Å²) < 4.78 is 4.61. The monoisotopic (exact) mass is 288 g/mol. The van der Waals surface area contributed by atoms with E-state index in [0.717, 1.165) is 0 Å². The zero-order valence-corrected chi connectivity index (χ0v) is 11.1. The summed E-state index contributed by atoms with van der Waals surface area (Å²) in [6, 6.07) is 0. The van der Waals surface area contributed by atoms with Crippen LogP contribution in [-0.2, 0) is 4.74 Å². The summed E-state index contributed by atoms with van der Waals surface area (Å²) in [5.41, 5.74) is 1.43. The van der Waals surface area contributed by atoms with Gasteiger partial charge in [0.1, 0.15) is 21.9 Å². The maximum absolute atomic E-state index is 11.4. The number of ether oxygens (including phenoxy) is 1. The number of fused-ring (bicyclic) bond motifs is 1. The molecule has 0 saturated carbocycles. The number of methoxy groups -OCH3 is 1. The molecule has 0 radical (unpaired) electrons. The second-order valence-electron chi connectivity index (χ2n) is 3.62. The van der Waals surface area contributed by atoms with Crippen molar-refractivity contribution in [1.29, 1.82) is 0 Å². The molecule has 0 bridgehead atoms. The van der Waals surface area contributed by atoms with Crippen molar-refractivity contribution in [3.63, 3.8) is 0 Å². The second kappa shape index (κ2) is 5.21. The fourth-order valence-corrected chi connectivity index (χ4v) is 2.33. The van der Waals surface area contributed by atoms with E-state index in [1.807, 2.05) is 0 Å². The predicted octanol–water partition coefficient (Wildman–Crippen LogP) is 1.08. The maximum atomic E-state index is 11.4. The fourth-order valence-electron chi connectivity index (χ4n) is 1.52. The Morgan fingerprint density at radius 1 is 1.30 bits per heavy atom. The molecule has 3 aromatic rings. The Labute approximate surface area is 117 Å². The highest BCUT2D eigenvalue weighted by Gasteiger charge is 2.12. The van der Waals surface area contributed by atoms with E-state index in [0.29, 0.717) is 21.2 Å². The lowest BCUT2D eigenvalue weighted by Crippen LogP contribution is -2.05. The van der Waals surface area contributed by atoms with Gasteiger partial charge in [0.2, 0.25) is 0 Å². The Hall–Kier alpha value is -2.55. The first kappa shape index (κ1) is 12.5. The number of carbonyl (C=O) groups excluding carboxylic acids is 1. The van der Waals surface area contributed by atoms with Gasteiger partial charge in [0, 0.05) is 0 Å². The molecule has 0 aliphatic heterocycles. The third-order valence-corrected chi connectivity index (χ3v) is 3.31. The van der Waals surface area contributed by atoms with Gasteiger partial charge in [0.15, 0.2) is 11.3 Å². The minimum Gasteiger partial charge on any atom is -0.464 e. The molecule has 100 valence electrons. The van der Waals surface area contributed by atoms with Crippen LogP contribution in [0.2, 0.25) is 0 Å². The summed E-state index contributed by atoms with van der Waals surface area (Å²) in [6.07, 6.45) is 5.85. The van der Waals surface area contributed by atoms with Gasteiger partial charge in [0.25, 0.3) is 0 Å². The molecule has 9 heteroatoms. The van der Waals surface area contributed by atoms with Crippen molar-refractivity contribution < 1.29 is 9.53 Å². The average molecular weight is 288 g/mol. The molecule has 0 aliphatic carbocycles. The van der Waals surface area contributed by atoms with Gasteiger partial charge in [-0.3, -0.25) is 4.98 Å². The SMILES string of the molecule is COC(=O)c1cncc(Sc2ncnc3nc[nH]c23)n1. The van der Waals surface area contributed by atoms with Gasteiger partial charge in [-0.05, 0) is 11.8 Å². The highest BCUT2D eigenvalue weighted by Crippen LogP contribution is 2.27. The number of rotatable bonds is 3.